The summed E-state index contributed by atoms with van der Waals surface area (Å²) in [5.74, 6) is -0.147. The predicted octanol–water partition coefficient (Wildman–Crippen LogP) is 2.93. The second-order valence-electron chi connectivity index (χ2n) is 7.10. The minimum atomic E-state index is -0.234. The topological polar surface area (TPSA) is 68.3 Å². The largest absolute Gasteiger partial charge is 0.398 e. The summed E-state index contributed by atoms with van der Waals surface area (Å²) in [4.78, 5) is 27.9. The molecule has 1 amide bonds. The summed E-state index contributed by atoms with van der Waals surface area (Å²) in [6.45, 7) is 2.79. The van der Waals surface area contributed by atoms with Gasteiger partial charge < -0.3 is 15.2 Å². The zero-order valence-electron chi connectivity index (χ0n) is 14.0. The standard InChI is InChI=1S/C19H23N3O2/c1-12-5-2-3-10-21(12)19(24)14-11-22(13-8-9-13)16-7-4-6-15(20)17(16)18(14)23/h4,6-7,11-13H,2-3,5,8-10,20H2,1H3. The molecule has 0 bridgehead atoms. The summed E-state index contributed by atoms with van der Waals surface area (Å²) in [6.07, 6.45) is 7.08. The monoisotopic (exact) mass is 325 g/mol. The number of nitrogens with zero attached hydrogens (tertiary/aromatic N) is 2. The molecule has 2 aliphatic rings. The molecule has 5 nitrogen and oxygen atoms in total. The molecule has 0 spiro atoms. The summed E-state index contributed by atoms with van der Waals surface area (Å²) < 4.78 is 2.08. The molecule has 5 heteroatoms. The summed E-state index contributed by atoms with van der Waals surface area (Å²) in [6, 6.07) is 6.08. The molecule has 2 aromatic rings. The molecular formula is C19H23N3O2. The van der Waals surface area contributed by atoms with E-state index in [4.69, 9.17) is 5.73 Å². The summed E-state index contributed by atoms with van der Waals surface area (Å²) in [7, 11) is 0. The van der Waals surface area contributed by atoms with Gasteiger partial charge in [0.1, 0.15) is 5.56 Å². The van der Waals surface area contributed by atoms with Crippen LogP contribution in [-0.2, 0) is 0 Å². The van der Waals surface area contributed by atoms with Crippen LogP contribution in [0.15, 0.2) is 29.2 Å². The van der Waals surface area contributed by atoms with E-state index in [1.165, 1.54) is 0 Å². The average molecular weight is 325 g/mol. The SMILES string of the molecule is CC1CCCCN1C(=O)c1cn(C2CC2)c2cccc(N)c2c1=O. The van der Waals surface area contributed by atoms with Gasteiger partial charge in [-0.15, -0.1) is 0 Å². The molecular weight excluding hydrogens is 302 g/mol. The van der Waals surface area contributed by atoms with E-state index in [9.17, 15) is 9.59 Å². The third kappa shape index (κ3) is 2.39. The van der Waals surface area contributed by atoms with Crippen LogP contribution < -0.4 is 11.2 Å². The van der Waals surface area contributed by atoms with Crippen molar-refractivity contribution < 1.29 is 4.79 Å². The average Bonchev–Trinajstić information content (AvgIpc) is 3.40. The lowest BCUT2D eigenvalue weighted by Crippen LogP contribution is -2.43. The van der Waals surface area contributed by atoms with Crippen molar-refractivity contribution in [3.8, 4) is 0 Å². The minimum absolute atomic E-state index is 0.147. The molecule has 1 saturated heterocycles. The number of carbonyl (C=O) groups excluding carboxylic acids is 1. The fourth-order valence-electron chi connectivity index (χ4n) is 3.78. The van der Waals surface area contributed by atoms with Crippen LogP contribution in [0.2, 0.25) is 0 Å². The Bertz CT molecular complexity index is 867. The van der Waals surface area contributed by atoms with Gasteiger partial charge in [-0.05, 0) is 51.2 Å². The minimum Gasteiger partial charge on any atom is -0.398 e. The van der Waals surface area contributed by atoms with Gasteiger partial charge in [-0.1, -0.05) is 6.07 Å². The van der Waals surface area contributed by atoms with Crippen molar-refractivity contribution >= 4 is 22.5 Å². The van der Waals surface area contributed by atoms with Gasteiger partial charge in [0.05, 0.1) is 10.9 Å². The first kappa shape index (κ1) is 15.2. The van der Waals surface area contributed by atoms with E-state index in [0.29, 0.717) is 17.1 Å². The Morgan fingerprint density at radius 1 is 1.21 bits per heavy atom. The van der Waals surface area contributed by atoms with Gasteiger partial charge in [0.25, 0.3) is 5.91 Å². The fourth-order valence-corrected chi connectivity index (χ4v) is 3.78. The molecule has 1 saturated carbocycles. The highest BCUT2D eigenvalue weighted by Crippen LogP contribution is 2.37. The number of fused-ring (bicyclic) bond motifs is 1. The maximum absolute atomic E-state index is 13.1. The first-order chi connectivity index (χ1) is 11.6. The van der Waals surface area contributed by atoms with Crippen LogP contribution in [0.1, 0.15) is 55.4 Å². The van der Waals surface area contributed by atoms with E-state index in [1.807, 2.05) is 17.0 Å². The van der Waals surface area contributed by atoms with Crippen molar-refractivity contribution in [2.24, 2.45) is 0 Å². The van der Waals surface area contributed by atoms with Gasteiger partial charge in [-0.3, -0.25) is 9.59 Å². The van der Waals surface area contributed by atoms with Crippen molar-refractivity contribution in [2.45, 2.75) is 51.1 Å². The van der Waals surface area contributed by atoms with E-state index in [-0.39, 0.29) is 22.9 Å². The number of aromatic nitrogens is 1. The van der Waals surface area contributed by atoms with Crippen molar-refractivity contribution in [1.82, 2.24) is 9.47 Å². The Morgan fingerprint density at radius 3 is 2.71 bits per heavy atom. The number of hydrogen-bond donors (Lipinski definition) is 1. The molecule has 24 heavy (non-hydrogen) atoms. The summed E-state index contributed by atoms with van der Waals surface area (Å²) in [5, 5.41) is 0.486. The second kappa shape index (κ2) is 5.65. The normalized spacial score (nSPS) is 21.2. The molecule has 1 aromatic heterocycles. The Hall–Kier alpha value is -2.30. The number of anilines is 1. The highest BCUT2D eigenvalue weighted by Gasteiger charge is 2.30. The number of pyridine rings is 1. The first-order valence-corrected chi connectivity index (χ1v) is 8.82. The fraction of sp³-hybridized carbons (Fsp3) is 0.474. The quantitative estimate of drug-likeness (QED) is 0.863. The van der Waals surface area contributed by atoms with Gasteiger partial charge in [-0.25, -0.2) is 0 Å². The zero-order valence-corrected chi connectivity index (χ0v) is 14.0. The Kier molecular flexibility index (Phi) is 3.59. The number of nitrogens with two attached hydrogens (primary N) is 1. The van der Waals surface area contributed by atoms with Gasteiger partial charge >= 0.3 is 0 Å². The number of nitrogen functional groups attached to an aromatic ring is 1. The Balaban J connectivity index is 1.89. The predicted molar refractivity (Wildman–Crippen MR) is 95.2 cm³/mol. The lowest BCUT2D eigenvalue weighted by atomic mass is 10.0. The van der Waals surface area contributed by atoms with Crippen molar-refractivity contribution in [1.29, 1.82) is 0 Å². The van der Waals surface area contributed by atoms with E-state index in [2.05, 4.69) is 11.5 Å². The molecule has 2 N–H and O–H groups in total. The van der Waals surface area contributed by atoms with Crippen molar-refractivity contribution in [3.63, 3.8) is 0 Å². The Labute approximate surface area is 141 Å². The van der Waals surface area contributed by atoms with Crippen LogP contribution in [0, 0.1) is 0 Å². The molecule has 1 aliphatic heterocycles. The van der Waals surface area contributed by atoms with Crippen LogP contribution in [-0.4, -0.2) is 28.0 Å². The number of piperidine rings is 1. The molecule has 1 atom stereocenters. The molecule has 126 valence electrons. The smallest absolute Gasteiger partial charge is 0.259 e. The van der Waals surface area contributed by atoms with E-state index in [0.717, 1.165) is 44.2 Å². The number of hydrogen-bond acceptors (Lipinski definition) is 3. The second-order valence-corrected chi connectivity index (χ2v) is 7.10. The van der Waals surface area contributed by atoms with Crippen LogP contribution in [0.25, 0.3) is 10.9 Å². The van der Waals surface area contributed by atoms with E-state index >= 15 is 0 Å². The molecule has 4 rings (SSSR count). The molecule has 2 heterocycles. The number of carbonyl (C=O) groups is 1. The number of rotatable bonds is 2. The molecule has 2 fully saturated rings. The van der Waals surface area contributed by atoms with E-state index in [1.54, 1.807) is 12.3 Å². The third-order valence-corrected chi connectivity index (χ3v) is 5.33. The Morgan fingerprint density at radius 2 is 2.00 bits per heavy atom. The van der Waals surface area contributed by atoms with Gasteiger partial charge in [-0.2, -0.15) is 0 Å². The van der Waals surface area contributed by atoms with Gasteiger partial charge in [0, 0.05) is 30.5 Å². The molecule has 1 aliphatic carbocycles. The first-order valence-electron chi connectivity index (χ1n) is 8.82. The van der Waals surface area contributed by atoms with Gasteiger partial charge in [0.15, 0.2) is 0 Å². The number of benzene rings is 1. The van der Waals surface area contributed by atoms with E-state index < -0.39 is 0 Å². The lowest BCUT2D eigenvalue weighted by molar-refractivity contribution is 0.0633. The van der Waals surface area contributed by atoms with Crippen molar-refractivity contribution in [3.05, 3.63) is 40.2 Å². The molecule has 1 aromatic carbocycles. The lowest BCUT2D eigenvalue weighted by Gasteiger charge is -2.33. The highest BCUT2D eigenvalue weighted by molar-refractivity contribution is 6.00. The number of likely N-dealkylation sites (tertiary alicyclic amines) is 1. The van der Waals surface area contributed by atoms with Crippen LogP contribution in [0.5, 0.6) is 0 Å². The highest BCUT2D eigenvalue weighted by atomic mass is 16.2. The molecule has 0 radical (unpaired) electrons. The van der Waals surface area contributed by atoms with Crippen LogP contribution in [0.4, 0.5) is 5.69 Å². The maximum atomic E-state index is 13.1. The summed E-state index contributed by atoms with van der Waals surface area (Å²) in [5.41, 5.74) is 7.41. The van der Waals surface area contributed by atoms with Crippen LogP contribution in [0.3, 0.4) is 0 Å². The number of amides is 1. The van der Waals surface area contributed by atoms with Crippen LogP contribution >= 0.6 is 0 Å². The van der Waals surface area contributed by atoms with Crippen molar-refractivity contribution in [2.75, 3.05) is 12.3 Å². The van der Waals surface area contributed by atoms with Gasteiger partial charge in [0.2, 0.25) is 5.43 Å². The zero-order chi connectivity index (χ0) is 16.8. The maximum Gasteiger partial charge on any atom is 0.259 e. The molecule has 1 unspecified atom stereocenters. The third-order valence-electron chi connectivity index (χ3n) is 5.33. The summed E-state index contributed by atoms with van der Waals surface area (Å²) >= 11 is 0.